The van der Waals surface area contributed by atoms with E-state index in [0.717, 1.165) is 105 Å². The summed E-state index contributed by atoms with van der Waals surface area (Å²) in [4.78, 5) is 31.7. The van der Waals surface area contributed by atoms with Gasteiger partial charge >= 0.3 is 0 Å². The predicted molar refractivity (Wildman–Crippen MR) is 594 cm³/mol. The number of benzene rings is 23. The van der Waals surface area contributed by atoms with Gasteiger partial charge in [0.25, 0.3) is 0 Å². The van der Waals surface area contributed by atoms with E-state index in [9.17, 15) is 0 Å². The largest absolute Gasteiger partial charge is 0.278 e. The molecule has 0 saturated heterocycles. The Labute approximate surface area is 817 Å². The fourth-order valence-electron chi connectivity index (χ4n) is 22.8. The van der Waals surface area contributed by atoms with Crippen molar-refractivity contribution in [2.45, 2.75) is 19.3 Å². The first-order valence-corrected chi connectivity index (χ1v) is 48.6. The molecule has 30 rings (SSSR count). The number of rotatable bonds is 9. The van der Waals surface area contributed by atoms with E-state index in [1.165, 1.54) is 158 Å². The smallest absolute Gasteiger partial charge is 0.235 e. The number of hydrogen-bond donors (Lipinski definition) is 0. The molecule has 142 heavy (non-hydrogen) atoms. The average molecular weight is 1810 g/mol. The second kappa shape index (κ2) is 32.8. The standard InChI is InChI=1S/C48H29N3.C45H31N3.C40H25N3/c1-2-12-30(13-3-1)47-41-20-10-11-21-44(41)49-48(50-47)51-45-29-34(23-25-40(45)43-27-31-14-4-5-15-32(31)28-46(43)51)33-22-24-39-37-18-7-6-16-35(37)36-17-8-9-19-38(36)42(39)26-33;1-45(2)38-18-10-8-16-33(38)34-22-20-32(26-39(34)45)31-21-23-41-36(25-31)37-24-29-14-6-7-15-30(29)27-42(37)48(41)44-46-40-19-11-9-17-35(40)43(47-44)28-12-4-3-5-13-28;1-2-12-27(13-3-1)31-20-11-23-36-38(31)34-24-28-15-4-5-16-29(28)25-37(34)43(36)40-41-35-22-9-8-19-33(35)39(42-40)32-21-10-17-26-14-6-7-18-30(26)32/h1-29H;3-27H,1-2H3;1-25H. The summed E-state index contributed by atoms with van der Waals surface area (Å²) in [5.41, 5.74) is 27.9. The van der Waals surface area contributed by atoms with Crippen molar-refractivity contribution in [1.82, 2.24) is 43.6 Å². The Morgan fingerprint density at radius 2 is 0.500 bits per heavy atom. The maximum absolute atomic E-state index is 5.40. The van der Waals surface area contributed by atoms with Gasteiger partial charge in [-0.05, 0) is 222 Å². The number of fused-ring (bicyclic) bond motifs is 25. The van der Waals surface area contributed by atoms with Crippen LogP contribution in [-0.2, 0) is 5.41 Å². The van der Waals surface area contributed by atoms with Crippen LogP contribution in [0.1, 0.15) is 25.0 Å². The molecule has 23 aromatic carbocycles. The van der Waals surface area contributed by atoms with Crippen LogP contribution in [0.4, 0.5) is 0 Å². The van der Waals surface area contributed by atoms with E-state index >= 15 is 0 Å². The molecule has 0 aliphatic heterocycles. The Balaban J connectivity index is 0.000000104. The molecule has 6 aromatic heterocycles. The van der Waals surface area contributed by atoms with Crippen LogP contribution >= 0.6 is 0 Å². The fourth-order valence-corrected chi connectivity index (χ4v) is 22.8. The van der Waals surface area contributed by atoms with E-state index in [-0.39, 0.29) is 5.41 Å². The predicted octanol–water partition coefficient (Wildman–Crippen LogP) is 34.6. The van der Waals surface area contributed by atoms with Crippen molar-refractivity contribution < 1.29 is 0 Å². The van der Waals surface area contributed by atoms with Crippen LogP contribution in [0.2, 0.25) is 0 Å². The van der Waals surface area contributed by atoms with Crippen molar-refractivity contribution >= 4 is 174 Å². The molecule has 0 spiro atoms. The summed E-state index contributed by atoms with van der Waals surface area (Å²) in [5, 5.41) is 27.5. The van der Waals surface area contributed by atoms with Crippen molar-refractivity contribution in [2.75, 3.05) is 0 Å². The zero-order chi connectivity index (χ0) is 93.8. The number of hydrogen-bond acceptors (Lipinski definition) is 6. The van der Waals surface area contributed by atoms with Crippen LogP contribution in [0, 0.1) is 0 Å². The fraction of sp³-hybridized carbons (Fsp3) is 0.0226. The van der Waals surface area contributed by atoms with E-state index < -0.39 is 0 Å². The van der Waals surface area contributed by atoms with Crippen molar-refractivity contribution in [1.29, 1.82) is 0 Å². The minimum absolute atomic E-state index is 0.0507. The molecule has 0 amide bonds. The highest BCUT2D eigenvalue weighted by atomic mass is 15.2. The quantitative estimate of drug-likeness (QED) is 0.134. The van der Waals surface area contributed by atoms with Crippen molar-refractivity contribution in [3.8, 4) is 96.1 Å². The summed E-state index contributed by atoms with van der Waals surface area (Å²) in [5.74, 6) is 2.01. The Kier molecular flexibility index (Phi) is 18.8. The average Bonchev–Trinajstić information content (AvgIpc) is 1.59. The van der Waals surface area contributed by atoms with Crippen molar-refractivity contribution in [3.05, 3.63) is 490 Å². The van der Waals surface area contributed by atoms with Gasteiger partial charge in [0.2, 0.25) is 17.8 Å². The lowest BCUT2D eigenvalue weighted by atomic mass is 9.81. The summed E-state index contributed by atoms with van der Waals surface area (Å²) < 4.78 is 6.77. The normalized spacial score (nSPS) is 12.4. The van der Waals surface area contributed by atoms with Gasteiger partial charge in [-0.2, -0.15) is 0 Å². The summed E-state index contributed by atoms with van der Waals surface area (Å²) in [6.07, 6.45) is 0. The van der Waals surface area contributed by atoms with Gasteiger partial charge in [-0.1, -0.05) is 402 Å². The van der Waals surface area contributed by atoms with Gasteiger partial charge < -0.3 is 0 Å². The Hall–Kier alpha value is -18.7. The van der Waals surface area contributed by atoms with E-state index in [2.05, 4.69) is 495 Å². The van der Waals surface area contributed by atoms with Gasteiger partial charge in [0, 0.05) is 70.6 Å². The summed E-state index contributed by atoms with van der Waals surface area (Å²) >= 11 is 0. The maximum atomic E-state index is 5.40. The van der Waals surface area contributed by atoms with Crippen LogP contribution in [0.15, 0.2) is 479 Å². The molecule has 9 nitrogen and oxygen atoms in total. The number of nitrogens with zero attached hydrogens (tertiary/aromatic N) is 9. The minimum atomic E-state index is -0.0507. The molecule has 0 N–H and O–H groups in total. The molecule has 662 valence electrons. The monoisotopic (exact) mass is 1810 g/mol. The topological polar surface area (TPSA) is 92.1 Å². The lowest BCUT2D eigenvalue weighted by molar-refractivity contribution is 0.660. The molecular weight excluding hydrogens is 1720 g/mol. The van der Waals surface area contributed by atoms with Gasteiger partial charge in [-0.25, -0.2) is 29.9 Å². The third-order valence-electron chi connectivity index (χ3n) is 29.5. The zero-order valence-electron chi connectivity index (χ0n) is 77.6. The van der Waals surface area contributed by atoms with Gasteiger partial charge in [-0.3, -0.25) is 13.7 Å². The first-order chi connectivity index (χ1) is 70.2. The van der Waals surface area contributed by atoms with E-state index in [0.29, 0.717) is 17.8 Å². The second-order valence-electron chi connectivity index (χ2n) is 37.9. The highest BCUT2D eigenvalue weighted by Crippen LogP contribution is 2.52. The van der Waals surface area contributed by atoms with Crippen LogP contribution in [0.5, 0.6) is 0 Å². The highest BCUT2D eigenvalue weighted by molar-refractivity contribution is 6.27. The molecule has 0 radical (unpaired) electrons. The van der Waals surface area contributed by atoms with Crippen LogP contribution in [0.3, 0.4) is 0 Å². The lowest BCUT2D eigenvalue weighted by Gasteiger charge is -2.22. The molecular formula is C133H85N9. The zero-order valence-corrected chi connectivity index (χ0v) is 77.6. The molecule has 0 unspecified atom stereocenters. The molecule has 9 heteroatoms. The van der Waals surface area contributed by atoms with E-state index in [4.69, 9.17) is 29.9 Å². The summed E-state index contributed by atoms with van der Waals surface area (Å²) in [6, 6.07) is 172. The van der Waals surface area contributed by atoms with Crippen molar-refractivity contribution in [2.24, 2.45) is 0 Å². The van der Waals surface area contributed by atoms with Crippen molar-refractivity contribution in [3.63, 3.8) is 0 Å². The first kappa shape index (κ1) is 81.6. The Morgan fingerprint density at radius 1 is 0.162 bits per heavy atom. The van der Waals surface area contributed by atoms with Gasteiger partial charge in [0.05, 0.1) is 66.7 Å². The maximum Gasteiger partial charge on any atom is 0.235 e. The minimum Gasteiger partial charge on any atom is -0.278 e. The van der Waals surface area contributed by atoms with Gasteiger partial charge in [-0.15, -0.1) is 0 Å². The highest BCUT2D eigenvalue weighted by Gasteiger charge is 2.36. The molecule has 0 bridgehead atoms. The van der Waals surface area contributed by atoms with Crippen LogP contribution in [0.25, 0.3) is 270 Å². The van der Waals surface area contributed by atoms with Gasteiger partial charge in [0.15, 0.2) is 0 Å². The Morgan fingerprint density at radius 3 is 1.06 bits per heavy atom. The third-order valence-corrected chi connectivity index (χ3v) is 29.5. The number of para-hydroxylation sites is 3. The van der Waals surface area contributed by atoms with E-state index in [1.807, 2.05) is 12.1 Å². The van der Waals surface area contributed by atoms with Gasteiger partial charge in [0.1, 0.15) is 0 Å². The SMILES string of the molecule is CC1(C)c2ccccc2-c2ccc(-c3ccc4c(c3)c3cc5ccccc5cc3n4-c3nc(-c4ccccc4)c4ccccc4n3)cc21.c1ccc(-c2cccc3c2c2cc4ccccc4cc2n3-c2nc(-c3cccc4ccccc34)c3ccccc3n2)cc1.c1ccc(-c2nc(-n3c4cc(-c5ccc6c7ccccc7c7ccccc7c6c5)ccc4c4cc5ccccc5cc43)nc3ccccc23)cc1. The second-order valence-corrected chi connectivity index (χ2v) is 37.9. The van der Waals surface area contributed by atoms with Crippen LogP contribution in [-0.4, -0.2) is 43.6 Å². The molecule has 0 atom stereocenters. The molecule has 29 aromatic rings. The molecule has 1 aliphatic carbocycles. The molecule has 1 aliphatic rings. The van der Waals surface area contributed by atoms with E-state index in [1.54, 1.807) is 0 Å². The third kappa shape index (κ3) is 13.3. The molecule has 0 saturated carbocycles. The molecule has 0 fully saturated rings. The summed E-state index contributed by atoms with van der Waals surface area (Å²) in [6.45, 7) is 4.69. The van der Waals surface area contributed by atoms with Crippen LogP contribution < -0.4 is 0 Å². The Bertz CT molecular complexity index is 10300. The number of aromatic nitrogens is 9. The molecule has 6 heterocycles. The first-order valence-electron chi connectivity index (χ1n) is 48.6. The summed E-state index contributed by atoms with van der Waals surface area (Å²) in [7, 11) is 0. The lowest BCUT2D eigenvalue weighted by Crippen LogP contribution is -2.14.